The number of carboxylic acid groups (broad SMARTS) is 1. The Morgan fingerprint density at radius 2 is 2.12 bits per heavy atom. The quantitative estimate of drug-likeness (QED) is 0.478. The standard InChI is InChI=1S/C18H16F3IO4/c19-18(20,21)11-4-2-5-12(8-11)25-9-10-3-1-6-13(7-10)26-16-14(15(16)22)17(23)24/h2-5,7-8,14-16H,1,6,9H2,(H,23,24)/t14-,15-,16+/m1/s1. The van der Waals surface area contributed by atoms with Gasteiger partial charge in [-0.1, -0.05) is 34.7 Å². The van der Waals surface area contributed by atoms with E-state index in [4.69, 9.17) is 14.6 Å². The number of rotatable bonds is 6. The van der Waals surface area contributed by atoms with E-state index in [0.717, 1.165) is 17.7 Å². The first-order valence-electron chi connectivity index (χ1n) is 7.99. The van der Waals surface area contributed by atoms with E-state index in [2.05, 4.69) is 22.6 Å². The molecule has 2 aliphatic rings. The summed E-state index contributed by atoms with van der Waals surface area (Å²) in [7, 11) is 0. The second-order valence-electron chi connectivity index (χ2n) is 6.13. The lowest BCUT2D eigenvalue weighted by atomic mass is 10.1. The van der Waals surface area contributed by atoms with E-state index in [0.29, 0.717) is 18.6 Å². The number of hydrogen-bond donors (Lipinski definition) is 1. The van der Waals surface area contributed by atoms with Crippen LogP contribution in [0.5, 0.6) is 5.75 Å². The van der Waals surface area contributed by atoms with Crippen LogP contribution < -0.4 is 4.74 Å². The fourth-order valence-electron chi connectivity index (χ4n) is 2.70. The first kappa shape index (κ1) is 19.1. The summed E-state index contributed by atoms with van der Waals surface area (Å²) in [6.45, 7) is 0.120. The highest BCUT2D eigenvalue weighted by molar-refractivity contribution is 14.1. The molecule has 2 aliphatic carbocycles. The molecular weight excluding hydrogens is 464 g/mol. The SMILES string of the molecule is O=C(O)[C@@H]1[C@@H](I)[C@H]1OC1=CC(COc2cccc(C(F)(F)F)c2)=CCC1. The smallest absolute Gasteiger partial charge is 0.416 e. The summed E-state index contributed by atoms with van der Waals surface area (Å²) >= 11 is 2.06. The number of allylic oxidation sites excluding steroid dienone is 2. The molecule has 0 spiro atoms. The minimum atomic E-state index is -4.41. The van der Waals surface area contributed by atoms with Gasteiger partial charge in [0.05, 0.1) is 15.2 Å². The van der Waals surface area contributed by atoms with Crippen LogP contribution in [0, 0.1) is 5.92 Å². The summed E-state index contributed by atoms with van der Waals surface area (Å²) in [5.74, 6) is -0.533. The van der Waals surface area contributed by atoms with Gasteiger partial charge >= 0.3 is 12.1 Å². The Hall–Kier alpha value is -1.71. The second kappa shape index (κ2) is 7.50. The van der Waals surface area contributed by atoms with E-state index in [-0.39, 0.29) is 22.4 Å². The molecule has 1 saturated carbocycles. The maximum absolute atomic E-state index is 12.7. The van der Waals surface area contributed by atoms with E-state index in [1.165, 1.54) is 12.1 Å². The lowest BCUT2D eigenvalue weighted by molar-refractivity contribution is -0.139. The first-order chi connectivity index (χ1) is 12.3. The average Bonchev–Trinajstić information content (AvgIpc) is 3.22. The van der Waals surface area contributed by atoms with Crippen LogP contribution in [0.1, 0.15) is 18.4 Å². The second-order valence-corrected chi connectivity index (χ2v) is 7.57. The lowest BCUT2D eigenvalue weighted by Gasteiger charge is -2.16. The molecule has 0 heterocycles. The molecule has 0 aromatic heterocycles. The van der Waals surface area contributed by atoms with Crippen LogP contribution in [-0.4, -0.2) is 27.7 Å². The Balaban J connectivity index is 1.58. The van der Waals surface area contributed by atoms with Gasteiger partial charge in [0.2, 0.25) is 0 Å². The van der Waals surface area contributed by atoms with Crippen molar-refractivity contribution < 1.29 is 32.5 Å². The molecule has 1 aromatic rings. The molecule has 0 amide bonds. The Bertz CT molecular complexity index is 757. The lowest BCUT2D eigenvalue weighted by Crippen LogP contribution is -2.09. The number of carbonyl (C=O) groups is 1. The molecule has 0 aliphatic heterocycles. The van der Waals surface area contributed by atoms with Crippen molar-refractivity contribution in [3.05, 3.63) is 53.3 Å². The summed E-state index contributed by atoms with van der Waals surface area (Å²) < 4.78 is 49.4. The summed E-state index contributed by atoms with van der Waals surface area (Å²) in [4.78, 5) is 11.0. The highest BCUT2D eigenvalue weighted by Crippen LogP contribution is 2.43. The van der Waals surface area contributed by atoms with Gasteiger partial charge in [-0.05, 0) is 36.3 Å². The fraction of sp³-hybridized carbons (Fsp3) is 0.389. The Labute approximate surface area is 161 Å². The summed E-state index contributed by atoms with van der Waals surface area (Å²) in [5.41, 5.74) is 0.0370. The van der Waals surface area contributed by atoms with Crippen molar-refractivity contribution in [2.75, 3.05) is 6.61 Å². The molecule has 140 valence electrons. The third-order valence-corrected chi connectivity index (χ3v) is 5.64. The van der Waals surface area contributed by atoms with Crippen molar-refractivity contribution in [2.45, 2.75) is 29.0 Å². The van der Waals surface area contributed by atoms with Crippen LogP contribution in [0.3, 0.4) is 0 Å². The number of carboxylic acids is 1. The van der Waals surface area contributed by atoms with Gasteiger partial charge in [-0.25, -0.2) is 0 Å². The van der Waals surface area contributed by atoms with Crippen molar-refractivity contribution >= 4 is 28.6 Å². The van der Waals surface area contributed by atoms with Crippen LogP contribution >= 0.6 is 22.6 Å². The maximum Gasteiger partial charge on any atom is 0.416 e. The van der Waals surface area contributed by atoms with Gasteiger partial charge in [0.15, 0.2) is 0 Å². The van der Waals surface area contributed by atoms with Crippen molar-refractivity contribution in [3.63, 3.8) is 0 Å². The predicted octanol–water partition coefficient (Wildman–Crippen LogP) is 4.59. The molecule has 0 bridgehead atoms. The zero-order valence-corrected chi connectivity index (χ0v) is 15.7. The van der Waals surface area contributed by atoms with Crippen molar-refractivity contribution in [3.8, 4) is 5.75 Å². The molecule has 8 heteroatoms. The highest BCUT2D eigenvalue weighted by atomic mass is 127. The van der Waals surface area contributed by atoms with Gasteiger partial charge in [-0.15, -0.1) is 0 Å². The maximum atomic E-state index is 12.7. The summed E-state index contributed by atoms with van der Waals surface area (Å²) in [6, 6.07) is 4.74. The van der Waals surface area contributed by atoms with Crippen LogP contribution in [-0.2, 0) is 15.7 Å². The highest BCUT2D eigenvalue weighted by Gasteiger charge is 2.56. The Morgan fingerprint density at radius 1 is 1.35 bits per heavy atom. The number of ether oxygens (including phenoxy) is 2. The molecule has 4 nitrogen and oxygen atoms in total. The van der Waals surface area contributed by atoms with Gasteiger partial charge in [0.25, 0.3) is 0 Å². The van der Waals surface area contributed by atoms with Crippen LogP contribution in [0.4, 0.5) is 13.2 Å². The molecule has 1 N–H and O–H groups in total. The summed E-state index contributed by atoms with van der Waals surface area (Å²) in [5, 5.41) is 9.05. The van der Waals surface area contributed by atoms with Crippen LogP contribution in [0.15, 0.2) is 47.7 Å². The molecule has 0 saturated heterocycles. The third kappa shape index (κ3) is 4.52. The van der Waals surface area contributed by atoms with Crippen molar-refractivity contribution in [1.82, 2.24) is 0 Å². The zero-order chi connectivity index (χ0) is 18.9. The fourth-order valence-corrected chi connectivity index (χ4v) is 3.77. The van der Waals surface area contributed by atoms with Gasteiger partial charge in [-0.3, -0.25) is 4.79 Å². The van der Waals surface area contributed by atoms with E-state index in [9.17, 15) is 18.0 Å². The largest absolute Gasteiger partial charge is 0.493 e. The van der Waals surface area contributed by atoms with Crippen molar-refractivity contribution in [2.24, 2.45) is 5.92 Å². The van der Waals surface area contributed by atoms with E-state index in [1.807, 2.05) is 6.08 Å². The van der Waals surface area contributed by atoms with E-state index >= 15 is 0 Å². The minimum absolute atomic E-state index is 0.0540. The molecule has 3 atom stereocenters. The van der Waals surface area contributed by atoms with E-state index < -0.39 is 23.6 Å². The van der Waals surface area contributed by atoms with Gasteiger partial charge in [0.1, 0.15) is 24.4 Å². The van der Waals surface area contributed by atoms with Crippen LogP contribution in [0.2, 0.25) is 0 Å². The van der Waals surface area contributed by atoms with E-state index in [1.54, 1.807) is 6.08 Å². The summed E-state index contributed by atoms with van der Waals surface area (Å²) in [6.07, 6.45) is 0.345. The average molecular weight is 480 g/mol. The molecule has 1 fully saturated rings. The molecular formula is C18H16F3IO4. The number of aliphatic carboxylic acids is 1. The number of alkyl halides is 4. The monoisotopic (exact) mass is 480 g/mol. The predicted molar refractivity (Wildman–Crippen MR) is 96.1 cm³/mol. The minimum Gasteiger partial charge on any atom is -0.493 e. The van der Waals surface area contributed by atoms with Gasteiger partial charge in [0, 0.05) is 6.42 Å². The third-order valence-electron chi connectivity index (χ3n) is 4.15. The van der Waals surface area contributed by atoms with Gasteiger partial charge < -0.3 is 14.6 Å². The molecule has 0 radical (unpaired) electrons. The first-order valence-corrected chi connectivity index (χ1v) is 9.23. The number of hydrogen-bond acceptors (Lipinski definition) is 3. The molecule has 0 unspecified atom stereocenters. The van der Waals surface area contributed by atoms with Gasteiger partial charge in [-0.2, -0.15) is 13.2 Å². The zero-order valence-electron chi connectivity index (χ0n) is 13.5. The van der Waals surface area contributed by atoms with Crippen molar-refractivity contribution in [1.29, 1.82) is 0 Å². The Morgan fingerprint density at radius 3 is 2.77 bits per heavy atom. The number of benzene rings is 1. The molecule has 26 heavy (non-hydrogen) atoms. The Kier molecular flexibility index (Phi) is 5.50. The number of halogens is 4. The normalized spacial score (nSPS) is 25.2. The topological polar surface area (TPSA) is 55.8 Å². The molecule has 3 rings (SSSR count). The van der Waals surface area contributed by atoms with Crippen LogP contribution in [0.25, 0.3) is 0 Å². The molecule has 1 aromatic carbocycles.